The third kappa shape index (κ3) is 2.72. The first-order valence-corrected chi connectivity index (χ1v) is 7.97. The highest BCUT2D eigenvalue weighted by molar-refractivity contribution is 5.35. The molecule has 1 aliphatic rings. The standard InChI is InChI=1S/C19H24N2/c1-5-18-14(4)15(7-9-20-18)10-16-11-17(16)19-13(3)12(2)6-8-21-19/h6-9,16-17H,5,10-11H2,1-4H3. The number of pyridine rings is 2. The topological polar surface area (TPSA) is 25.8 Å². The molecule has 0 bridgehead atoms. The van der Waals surface area contributed by atoms with Crippen LogP contribution in [-0.4, -0.2) is 9.97 Å². The van der Waals surface area contributed by atoms with Crippen molar-refractivity contribution >= 4 is 0 Å². The zero-order valence-electron chi connectivity index (χ0n) is 13.5. The maximum absolute atomic E-state index is 4.64. The molecule has 0 N–H and O–H groups in total. The minimum absolute atomic E-state index is 0.655. The first kappa shape index (κ1) is 14.2. The molecule has 110 valence electrons. The van der Waals surface area contributed by atoms with Gasteiger partial charge >= 0.3 is 0 Å². The molecule has 2 atom stereocenters. The Morgan fingerprint density at radius 2 is 1.81 bits per heavy atom. The number of hydrogen-bond acceptors (Lipinski definition) is 2. The quantitative estimate of drug-likeness (QED) is 0.834. The van der Waals surface area contributed by atoms with Crippen molar-refractivity contribution in [2.24, 2.45) is 5.92 Å². The van der Waals surface area contributed by atoms with Crippen LogP contribution >= 0.6 is 0 Å². The van der Waals surface area contributed by atoms with Crippen LogP contribution in [0.2, 0.25) is 0 Å². The maximum Gasteiger partial charge on any atom is 0.0469 e. The predicted octanol–water partition coefficient (Wildman–Crippen LogP) is 4.31. The van der Waals surface area contributed by atoms with Gasteiger partial charge in [0.2, 0.25) is 0 Å². The Balaban J connectivity index is 1.76. The summed E-state index contributed by atoms with van der Waals surface area (Å²) in [5.74, 6) is 1.41. The molecule has 1 fully saturated rings. The molecule has 0 radical (unpaired) electrons. The molecule has 0 aliphatic heterocycles. The predicted molar refractivity (Wildman–Crippen MR) is 86.6 cm³/mol. The van der Waals surface area contributed by atoms with Gasteiger partial charge in [0, 0.05) is 29.7 Å². The minimum atomic E-state index is 0.655. The molecule has 2 aromatic heterocycles. The molecule has 3 rings (SSSR count). The van der Waals surface area contributed by atoms with Crippen LogP contribution in [0.3, 0.4) is 0 Å². The maximum atomic E-state index is 4.64. The van der Waals surface area contributed by atoms with E-state index in [2.05, 4.69) is 49.8 Å². The van der Waals surface area contributed by atoms with Crippen molar-refractivity contribution in [3.05, 3.63) is 58.2 Å². The van der Waals surface area contributed by atoms with Crippen molar-refractivity contribution in [3.8, 4) is 0 Å². The molecule has 2 heterocycles. The van der Waals surface area contributed by atoms with Crippen LogP contribution in [-0.2, 0) is 12.8 Å². The van der Waals surface area contributed by atoms with Crippen molar-refractivity contribution in [2.45, 2.75) is 52.9 Å². The molecule has 2 unspecified atom stereocenters. The summed E-state index contributed by atoms with van der Waals surface area (Å²) < 4.78 is 0. The van der Waals surface area contributed by atoms with Gasteiger partial charge in [0.25, 0.3) is 0 Å². The summed E-state index contributed by atoms with van der Waals surface area (Å²) in [7, 11) is 0. The highest BCUT2D eigenvalue weighted by atomic mass is 14.7. The molecule has 0 saturated heterocycles. The zero-order chi connectivity index (χ0) is 15.0. The van der Waals surface area contributed by atoms with E-state index < -0.39 is 0 Å². The van der Waals surface area contributed by atoms with Gasteiger partial charge in [-0.15, -0.1) is 0 Å². The summed E-state index contributed by atoms with van der Waals surface area (Å²) >= 11 is 0. The number of aryl methyl sites for hydroxylation is 2. The lowest BCUT2D eigenvalue weighted by Gasteiger charge is -2.10. The molecule has 21 heavy (non-hydrogen) atoms. The van der Waals surface area contributed by atoms with Crippen LogP contribution in [0.15, 0.2) is 24.5 Å². The molecular weight excluding hydrogens is 256 g/mol. The second-order valence-electron chi connectivity index (χ2n) is 6.34. The van der Waals surface area contributed by atoms with Gasteiger partial charge in [-0.2, -0.15) is 0 Å². The smallest absolute Gasteiger partial charge is 0.0469 e. The Labute approximate surface area is 127 Å². The minimum Gasteiger partial charge on any atom is -0.261 e. The van der Waals surface area contributed by atoms with Crippen molar-refractivity contribution in [2.75, 3.05) is 0 Å². The third-order valence-corrected chi connectivity index (χ3v) is 5.03. The fourth-order valence-electron chi connectivity index (χ4n) is 3.32. The Morgan fingerprint density at radius 3 is 2.57 bits per heavy atom. The van der Waals surface area contributed by atoms with E-state index in [1.165, 1.54) is 46.5 Å². The molecule has 2 aromatic rings. The first-order valence-electron chi connectivity index (χ1n) is 7.97. The number of nitrogens with zero attached hydrogens (tertiary/aromatic N) is 2. The van der Waals surface area contributed by atoms with E-state index in [9.17, 15) is 0 Å². The van der Waals surface area contributed by atoms with E-state index in [0.29, 0.717) is 5.92 Å². The second-order valence-corrected chi connectivity index (χ2v) is 6.34. The molecule has 2 heteroatoms. The van der Waals surface area contributed by atoms with Gasteiger partial charge in [-0.25, -0.2) is 0 Å². The van der Waals surface area contributed by atoms with Gasteiger partial charge in [0.05, 0.1) is 0 Å². The Hall–Kier alpha value is -1.70. The number of hydrogen-bond donors (Lipinski definition) is 0. The summed E-state index contributed by atoms with van der Waals surface area (Å²) in [4.78, 5) is 9.11. The fraction of sp³-hybridized carbons (Fsp3) is 0.474. The van der Waals surface area contributed by atoms with Crippen LogP contribution in [0, 0.1) is 26.7 Å². The monoisotopic (exact) mass is 280 g/mol. The van der Waals surface area contributed by atoms with E-state index in [4.69, 9.17) is 0 Å². The van der Waals surface area contributed by atoms with Crippen molar-refractivity contribution in [1.29, 1.82) is 0 Å². The summed E-state index contributed by atoms with van der Waals surface area (Å²) in [6.07, 6.45) is 7.39. The summed E-state index contributed by atoms with van der Waals surface area (Å²) in [6, 6.07) is 4.30. The van der Waals surface area contributed by atoms with E-state index in [1.807, 2.05) is 12.4 Å². The molecule has 0 spiro atoms. The highest BCUT2D eigenvalue weighted by Gasteiger charge is 2.40. The van der Waals surface area contributed by atoms with Crippen LogP contribution in [0.1, 0.15) is 52.9 Å². The van der Waals surface area contributed by atoms with E-state index >= 15 is 0 Å². The molecule has 1 saturated carbocycles. The Morgan fingerprint density at radius 1 is 1.05 bits per heavy atom. The average Bonchev–Trinajstić information content (AvgIpc) is 3.23. The number of rotatable bonds is 4. The van der Waals surface area contributed by atoms with Crippen molar-refractivity contribution < 1.29 is 0 Å². The molecule has 0 aromatic carbocycles. The Kier molecular flexibility index (Phi) is 3.79. The second kappa shape index (κ2) is 5.59. The van der Waals surface area contributed by atoms with Gasteiger partial charge in [-0.3, -0.25) is 9.97 Å². The van der Waals surface area contributed by atoms with E-state index in [0.717, 1.165) is 12.3 Å². The summed E-state index contributed by atoms with van der Waals surface area (Å²) in [5.41, 5.74) is 8.17. The van der Waals surface area contributed by atoms with Crippen LogP contribution in [0.4, 0.5) is 0 Å². The van der Waals surface area contributed by atoms with Gasteiger partial charge in [-0.1, -0.05) is 6.92 Å². The average molecular weight is 280 g/mol. The van der Waals surface area contributed by atoms with Crippen LogP contribution < -0.4 is 0 Å². The fourth-order valence-corrected chi connectivity index (χ4v) is 3.32. The lowest BCUT2D eigenvalue weighted by molar-refractivity contribution is 0.769. The summed E-state index contributed by atoms with van der Waals surface area (Å²) in [6.45, 7) is 8.78. The zero-order valence-corrected chi connectivity index (χ0v) is 13.5. The third-order valence-electron chi connectivity index (χ3n) is 5.03. The van der Waals surface area contributed by atoms with Crippen molar-refractivity contribution in [3.63, 3.8) is 0 Å². The lowest BCUT2D eigenvalue weighted by atomic mass is 9.99. The van der Waals surface area contributed by atoms with Crippen LogP contribution in [0.25, 0.3) is 0 Å². The van der Waals surface area contributed by atoms with E-state index in [-0.39, 0.29) is 0 Å². The van der Waals surface area contributed by atoms with Crippen LogP contribution in [0.5, 0.6) is 0 Å². The van der Waals surface area contributed by atoms with Gasteiger partial charge in [0.1, 0.15) is 0 Å². The van der Waals surface area contributed by atoms with Gasteiger partial charge < -0.3 is 0 Å². The SMILES string of the molecule is CCc1nccc(CC2CC2c2nccc(C)c2C)c1C. The largest absolute Gasteiger partial charge is 0.261 e. The normalized spacial score (nSPS) is 20.6. The summed E-state index contributed by atoms with van der Waals surface area (Å²) in [5, 5.41) is 0. The Bertz CT molecular complexity index is 661. The molecule has 1 aliphatic carbocycles. The van der Waals surface area contributed by atoms with E-state index in [1.54, 1.807) is 0 Å². The van der Waals surface area contributed by atoms with Gasteiger partial charge in [0.15, 0.2) is 0 Å². The molecular formula is C19H24N2. The highest BCUT2D eigenvalue weighted by Crippen LogP contribution is 2.49. The van der Waals surface area contributed by atoms with Gasteiger partial charge in [-0.05, 0) is 80.3 Å². The lowest BCUT2D eigenvalue weighted by Crippen LogP contribution is -2.01. The first-order chi connectivity index (χ1) is 10.1. The number of aromatic nitrogens is 2. The van der Waals surface area contributed by atoms with Crippen molar-refractivity contribution in [1.82, 2.24) is 9.97 Å². The molecule has 0 amide bonds. The molecule has 2 nitrogen and oxygen atoms in total.